The highest BCUT2D eigenvalue weighted by Crippen LogP contribution is 2.19. The zero-order valence-corrected chi connectivity index (χ0v) is 10.7. The van der Waals surface area contributed by atoms with Crippen LogP contribution < -0.4 is 5.73 Å². The van der Waals surface area contributed by atoms with Crippen LogP contribution in [0.1, 0.15) is 16.8 Å². The summed E-state index contributed by atoms with van der Waals surface area (Å²) in [5, 5.41) is 4.27. The topological polar surface area (TPSA) is 43.8 Å². The third kappa shape index (κ3) is 2.33. The van der Waals surface area contributed by atoms with Gasteiger partial charge in [0, 0.05) is 22.9 Å². The molecule has 84 valence electrons. The molecule has 1 aromatic carbocycles. The summed E-state index contributed by atoms with van der Waals surface area (Å²) in [6, 6.07) is 8.21. The molecule has 1 heterocycles. The minimum absolute atomic E-state index is 0.569. The first kappa shape index (κ1) is 11.4. The van der Waals surface area contributed by atoms with Gasteiger partial charge in [-0.15, -0.1) is 0 Å². The highest BCUT2D eigenvalue weighted by Gasteiger charge is 2.04. The second-order valence-electron chi connectivity index (χ2n) is 3.76. The number of halogens is 1. The van der Waals surface area contributed by atoms with Gasteiger partial charge in [-0.1, -0.05) is 28.1 Å². The second kappa shape index (κ2) is 4.80. The van der Waals surface area contributed by atoms with Gasteiger partial charge in [0.2, 0.25) is 0 Å². The van der Waals surface area contributed by atoms with Gasteiger partial charge in [-0.05, 0) is 30.2 Å². The van der Waals surface area contributed by atoms with E-state index >= 15 is 0 Å². The summed E-state index contributed by atoms with van der Waals surface area (Å²) in [5.41, 5.74) is 9.10. The summed E-state index contributed by atoms with van der Waals surface area (Å²) in [6.45, 7) is 3.40. The number of hydrogen-bond donors (Lipinski definition) is 1. The number of aromatic nitrogens is 2. The molecule has 0 bridgehead atoms. The Kier molecular flexibility index (Phi) is 3.41. The molecule has 1 aromatic heterocycles. The minimum Gasteiger partial charge on any atom is -0.326 e. The average molecular weight is 280 g/mol. The van der Waals surface area contributed by atoms with Crippen LogP contribution in [0.5, 0.6) is 0 Å². The van der Waals surface area contributed by atoms with E-state index in [1.807, 2.05) is 16.9 Å². The molecule has 16 heavy (non-hydrogen) atoms. The van der Waals surface area contributed by atoms with Crippen LogP contribution in [0.25, 0.3) is 0 Å². The molecule has 0 fully saturated rings. The van der Waals surface area contributed by atoms with Gasteiger partial charge in [-0.3, -0.25) is 4.68 Å². The summed E-state index contributed by atoms with van der Waals surface area (Å²) in [6.07, 6.45) is 1.82. The first-order chi connectivity index (χ1) is 7.70. The quantitative estimate of drug-likeness (QED) is 0.938. The molecule has 0 atom stereocenters. The first-order valence-corrected chi connectivity index (χ1v) is 5.96. The lowest BCUT2D eigenvalue weighted by atomic mass is 10.1. The highest BCUT2D eigenvalue weighted by molar-refractivity contribution is 9.10. The monoisotopic (exact) mass is 279 g/mol. The van der Waals surface area contributed by atoms with Crippen LogP contribution in [-0.4, -0.2) is 9.78 Å². The molecule has 0 saturated heterocycles. The van der Waals surface area contributed by atoms with E-state index < -0.39 is 0 Å². The number of nitrogens with zero attached hydrogens (tertiary/aromatic N) is 2. The van der Waals surface area contributed by atoms with Gasteiger partial charge in [-0.25, -0.2) is 0 Å². The highest BCUT2D eigenvalue weighted by atomic mass is 79.9. The van der Waals surface area contributed by atoms with Gasteiger partial charge in [0.25, 0.3) is 0 Å². The van der Waals surface area contributed by atoms with Gasteiger partial charge in [0.15, 0.2) is 0 Å². The molecule has 0 aliphatic rings. The van der Waals surface area contributed by atoms with Crippen LogP contribution in [0.3, 0.4) is 0 Å². The third-order valence-corrected chi connectivity index (χ3v) is 3.34. The first-order valence-electron chi connectivity index (χ1n) is 5.16. The lowest BCUT2D eigenvalue weighted by molar-refractivity contribution is 0.663. The molecular formula is C12H14BrN3. The molecule has 0 aliphatic carbocycles. The Bertz CT molecular complexity index is 491. The fourth-order valence-electron chi connectivity index (χ4n) is 1.57. The zero-order valence-electron chi connectivity index (χ0n) is 9.15. The molecule has 0 spiro atoms. The molecular weight excluding hydrogens is 266 g/mol. The van der Waals surface area contributed by atoms with Crippen molar-refractivity contribution in [3.8, 4) is 0 Å². The third-order valence-electron chi connectivity index (χ3n) is 2.60. The molecule has 0 saturated carbocycles. The van der Waals surface area contributed by atoms with E-state index in [1.54, 1.807) is 0 Å². The van der Waals surface area contributed by atoms with E-state index in [0.717, 1.165) is 22.3 Å². The van der Waals surface area contributed by atoms with Gasteiger partial charge in [-0.2, -0.15) is 5.10 Å². The van der Waals surface area contributed by atoms with E-state index in [0.29, 0.717) is 6.54 Å². The Labute approximate surface area is 103 Å². The van der Waals surface area contributed by atoms with Crippen molar-refractivity contribution in [3.05, 3.63) is 51.8 Å². The molecule has 0 unspecified atom stereocenters. The Hall–Kier alpha value is -1.13. The summed E-state index contributed by atoms with van der Waals surface area (Å²) in [5.74, 6) is 0. The van der Waals surface area contributed by atoms with Crippen molar-refractivity contribution in [2.75, 3.05) is 0 Å². The van der Waals surface area contributed by atoms with Crippen molar-refractivity contribution in [2.24, 2.45) is 5.73 Å². The standard InChI is InChI=1S/C12H14BrN3/c1-9-4-5-15-16(9)8-11-3-2-10(7-14)6-12(11)13/h2-6H,7-8,14H2,1H3. The number of aryl methyl sites for hydroxylation is 1. The van der Waals surface area contributed by atoms with E-state index in [9.17, 15) is 0 Å². The fourth-order valence-corrected chi connectivity index (χ4v) is 2.12. The normalized spacial score (nSPS) is 10.7. The second-order valence-corrected chi connectivity index (χ2v) is 4.61. The van der Waals surface area contributed by atoms with Crippen molar-refractivity contribution in [1.29, 1.82) is 0 Å². The van der Waals surface area contributed by atoms with Gasteiger partial charge < -0.3 is 5.73 Å². The molecule has 2 rings (SSSR count). The smallest absolute Gasteiger partial charge is 0.0673 e. The van der Waals surface area contributed by atoms with Crippen LogP contribution in [0.4, 0.5) is 0 Å². The van der Waals surface area contributed by atoms with Crippen LogP contribution in [0, 0.1) is 6.92 Å². The molecule has 0 amide bonds. The van der Waals surface area contributed by atoms with E-state index in [2.05, 4.69) is 46.2 Å². The number of hydrogen-bond acceptors (Lipinski definition) is 2. The predicted octanol–water partition coefficient (Wildman–Crippen LogP) is 2.46. The van der Waals surface area contributed by atoms with E-state index in [4.69, 9.17) is 5.73 Å². The summed E-state index contributed by atoms with van der Waals surface area (Å²) < 4.78 is 3.06. The fraction of sp³-hybridized carbons (Fsp3) is 0.250. The lowest BCUT2D eigenvalue weighted by Gasteiger charge is -2.08. The lowest BCUT2D eigenvalue weighted by Crippen LogP contribution is -2.05. The number of nitrogens with two attached hydrogens (primary N) is 1. The summed E-state index contributed by atoms with van der Waals surface area (Å²) >= 11 is 3.56. The van der Waals surface area contributed by atoms with Crippen molar-refractivity contribution in [3.63, 3.8) is 0 Å². The minimum atomic E-state index is 0.569. The molecule has 2 N–H and O–H groups in total. The molecule has 4 heteroatoms. The Balaban J connectivity index is 2.25. The van der Waals surface area contributed by atoms with Crippen LogP contribution in [0.15, 0.2) is 34.9 Å². The Morgan fingerprint density at radius 2 is 2.19 bits per heavy atom. The predicted molar refractivity (Wildman–Crippen MR) is 68.1 cm³/mol. The average Bonchev–Trinajstić information content (AvgIpc) is 2.67. The van der Waals surface area contributed by atoms with Crippen LogP contribution in [-0.2, 0) is 13.1 Å². The van der Waals surface area contributed by atoms with Gasteiger partial charge in [0.05, 0.1) is 6.54 Å². The zero-order chi connectivity index (χ0) is 11.5. The Morgan fingerprint density at radius 1 is 1.38 bits per heavy atom. The Morgan fingerprint density at radius 3 is 2.75 bits per heavy atom. The maximum absolute atomic E-state index is 5.59. The van der Waals surface area contributed by atoms with Crippen molar-refractivity contribution >= 4 is 15.9 Å². The summed E-state index contributed by atoms with van der Waals surface area (Å²) in [4.78, 5) is 0. The van der Waals surface area contributed by atoms with Crippen molar-refractivity contribution < 1.29 is 0 Å². The maximum Gasteiger partial charge on any atom is 0.0673 e. The SMILES string of the molecule is Cc1ccnn1Cc1ccc(CN)cc1Br. The molecule has 2 aromatic rings. The largest absolute Gasteiger partial charge is 0.326 e. The van der Waals surface area contributed by atoms with Gasteiger partial charge in [0.1, 0.15) is 0 Å². The summed E-state index contributed by atoms with van der Waals surface area (Å²) in [7, 11) is 0. The van der Waals surface area contributed by atoms with Crippen molar-refractivity contribution in [1.82, 2.24) is 9.78 Å². The number of rotatable bonds is 3. The van der Waals surface area contributed by atoms with Crippen LogP contribution >= 0.6 is 15.9 Å². The maximum atomic E-state index is 5.59. The molecule has 0 radical (unpaired) electrons. The van der Waals surface area contributed by atoms with E-state index in [1.165, 1.54) is 5.56 Å². The molecule has 3 nitrogen and oxygen atoms in total. The van der Waals surface area contributed by atoms with Crippen LogP contribution in [0.2, 0.25) is 0 Å². The van der Waals surface area contributed by atoms with Crippen molar-refractivity contribution in [2.45, 2.75) is 20.0 Å². The molecule has 0 aliphatic heterocycles. The van der Waals surface area contributed by atoms with E-state index in [-0.39, 0.29) is 0 Å². The van der Waals surface area contributed by atoms with Gasteiger partial charge >= 0.3 is 0 Å². The number of benzene rings is 1.